The largest absolute Gasteiger partial charge is 0.309 e. The molecule has 118 valence electrons. The van der Waals surface area contributed by atoms with Crippen molar-refractivity contribution < 1.29 is 8.42 Å². The van der Waals surface area contributed by atoms with E-state index in [4.69, 9.17) is 0 Å². The smallest absolute Gasteiger partial charge is 0.155 e. The number of aryl methyl sites for hydroxylation is 1. The lowest BCUT2D eigenvalue weighted by Gasteiger charge is -2.34. The molecular formula is C17H27NO2S. The third kappa shape index (κ3) is 3.67. The molecule has 0 heterocycles. The molecule has 4 heteroatoms. The summed E-state index contributed by atoms with van der Waals surface area (Å²) in [5.41, 5.74) is 2.46. The van der Waals surface area contributed by atoms with Crippen LogP contribution in [-0.2, 0) is 16.3 Å². The van der Waals surface area contributed by atoms with E-state index in [2.05, 4.69) is 24.4 Å². The molecule has 1 aliphatic carbocycles. The molecule has 1 aromatic rings. The van der Waals surface area contributed by atoms with Gasteiger partial charge in [0.25, 0.3) is 0 Å². The zero-order valence-electron chi connectivity index (χ0n) is 13.3. The molecule has 0 fully saturated rings. The molecule has 0 saturated carbocycles. The maximum atomic E-state index is 12.8. The topological polar surface area (TPSA) is 46.2 Å². The minimum Gasteiger partial charge on any atom is -0.309 e. The van der Waals surface area contributed by atoms with Crippen LogP contribution in [0.15, 0.2) is 24.3 Å². The van der Waals surface area contributed by atoms with Gasteiger partial charge in [-0.2, -0.15) is 0 Å². The maximum absolute atomic E-state index is 12.8. The van der Waals surface area contributed by atoms with E-state index in [9.17, 15) is 8.42 Å². The van der Waals surface area contributed by atoms with Crippen molar-refractivity contribution in [1.29, 1.82) is 0 Å². The van der Waals surface area contributed by atoms with Crippen molar-refractivity contribution >= 4 is 9.84 Å². The Morgan fingerprint density at radius 2 is 2.00 bits per heavy atom. The predicted octanol–water partition coefficient (Wildman–Crippen LogP) is 3.11. The van der Waals surface area contributed by atoms with Crippen molar-refractivity contribution in [3.05, 3.63) is 35.4 Å². The Balaban J connectivity index is 2.32. The van der Waals surface area contributed by atoms with E-state index >= 15 is 0 Å². The lowest BCUT2D eigenvalue weighted by Crippen LogP contribution is -2.42. The lowest BCUT2D eigenvalue weighted by atomic mass is 9.87. The number of benzene rings is 1. The standard InChI is InChI=1S/C17H27NO2S/c1-4-13(3)12-21(19,20)16-11-10-14-8-6-7-9-15(14)17(16)18-5-2/h6-9,13,16-18H,4-5,10-12H2,1-3H3. The molecule has 3 atom stereocenters. The quantitative estimate of drug-likeness (QED) is 0.878. The molecule has 0 amide bonds. The van der Waals surface area contributed by atoms with Gasteiger partial charge >= 0.3 is 0 Å². The molecule has 3 unspecified atom stereocenters. The normalized spacial score (nSPS) is 23.6. The van der Waals surface area contributed by atoms with Crippen molar-refractivity contribution in [2.45, 2.75) is 51.3 Å². The van der Waals surface area contributed by atoms with Crippen LogP contribution in [0.25, 0.3) is 0 Å². The maximum Gasteiger partial charge on any atom is 0.155 e. The lowest BCUT2D eigenvalue weighted by molar-refractivity contribution is 0.452. The molecule has 1 aliphatic rings. The molecule has 0 saturated heterocycles. The Bertz CT molecular complexity index is 568. The van der Waals surface area contributed by atoms with Crippen LogP contribution >= 0.6 is 0 Å². The fourth-order valence-electron chi connectivity index (χ4n) is 3.22. The highest BCUT2D eigenvalue weighted by atomic mass is 32.2. The molecule has 1 aromatic carbocycles. The van der Waals surface area contributed by atoms with Crippen LogP contribution in [0.5, 0.6) is 0 Å². The highest BCUT2D eigenvalue weighted by Gasteiger charge is 2.38. The van der Waals surface area contributed by atoms with E-state index in [0.29, 0.717) is 5.75 Å². The van der Waals surface area contributed by atoms with Crippen LogP contribution in [-0.4, -0.2) is 26.0 Å². The molecule has 0 radical (unpaired) electrons. The molecule has 2 rings (SSSR count). The second-order valence-corrected chi connectivity index (χ2v) is 8.42. The van der Waals surface area contributed by atoms with Crippen molar-refractivity contribution in [3.63, 3.8) is 0 Å². The van der Waals surface area contributed by atoms with Gasteiger partial charge in [0.1, 0.15) is 0 Å². The summed E-state index contributed by atoms with van der Waals surface area (Å²) in [6.07, 6.45) is 2.50. The van der Waals surface area contributed by atoms with E-state index in [1.807, 2.05) is 26.0 Å². The zero-order valence-corrected chi connectivity index (χ0v) is 14.1. The molecular weight excluding hydrogens is 282 g/mol. The second kappa shape index (κ2) is 6.93. The Labute approximate surface area is 129 Å². The van der Waals surface area contributed by atoms with Crippen LogP contribution in [0.2, 0.25) is 0 Å². The van der Waals surface area contributed by atoms with Crippen molar-refractivity contribution in [1.82, 2.24) is 5.32 Å². The second-order valence-electron chi connectivity index (χ2n) is 6.15. The minimum atomic E-state index is -3.07. The van der Waals surface area contributed by atoms with E-state index in [-0.39, 0.29) is 17.2 Å². The van der Waals surface area contributed by atoms with E-state index in [0.717, 1.165) is 25.8 Å². The third-order valence-electron chi connectivity index (χ3n) is 4.56. The number of nitrogens with one attached hydrogen (secondary N) is 1. The highest BCUT2D eigenvalue weighted by Crippen LogP contribution is 2.34. The number of rotatable bonds is 6. The molecule has 3 nitrogen and oxygen atoms in total. The van der Waals surface area contributed by atoms with Gasteiger partial charge in [-0.1, -0.05) is 51.5 Å². The fraction of sp³-hybridized carbons (Fsp3) is 0.647. The number of fused-ring (bicyclic) bond motifs is 1. The summed E-state index contributed by atoms with van der Waals surface area (Å²) in [7, 11) is -3.07. The minimum absolute atomic E-state index is 0.0611. The SMILES string of the molecule is CCNC1c2ccccc2CCC1S(=O)(=O)CC(C)CC. The first-order chi connectivity index (χ1) is 9.99. The monoisotopic (exact) mass is 309 g/mol. The Kier molecular flexibility index (Phi) is 5.44. The summed E-state index contributed by atoms with van der Waals surface area (Å²) < 4.78 is 25.6. The van der Waals surface area contributed by atoms with E-state index in [1.54, 1.807) is 0 Å². The van der Waals surface area contributed by atoms with Crippen LogP contribution in [0, 0.1) is 5.92 Å². The molecule has 0 spiro atoms. The first-order valence-corrected chi connectivity index (χ1v) is 9.73. The first kappa shape index (κ1) is 16.5. The van der Waals surface area contributed by atoms with Gasteiger partial charge in [0.2, 0.25) is 0 Å². The molecule has 0 bridgehead atoms. The van der Waals surface area contributed by atoms with Gasteiger partial charge in [-0.15, -0.1) is 0 Å². The summed E-state index contributed by atoms with van der Waals surface area (Å²) in [5.74, 6) is 0.535. The van der Waals surface area contributed by atoms with E-state index in [1.165, 1.54) is 11.1 Å². The average Bonchev–Trinajstić information content (AvgIpc) is 2.47. The molecule has 1 N–H and O–H groups in total. The fourth-order valence-corrected chi connectivity index (χ4v) is 5.63. The summed E-state index contributed by atoms with van der Waals surface area (Å²) in [4.78, 5) is 0. The number of hydrogen-bond acceptors (Lipinski definition) is 3. The predicted molar refractivity (Wildman–Crippen MR) is 88.2 cm³/mol. The van der Waals surface area contributed by atoms with Gasteiger partial charge in [-0.25, -0.2) is 8.42 Å². The average molecular weight is 309 g/mol. The van der Waals surface area contributed by atoms with Gasteiger partial charge in [0.15, 0.2) is 9.84 Å². The van der Waals surface area contributed by atoms with Gasteiger partial charge in [-0.05, 0) is 36.4 Å². The Morgan fingerprint density at radius 1 is 1.29 bits per heavy atom. The first-order valence-electron chi connectivity index (χ1n) is 8.02. The van der Waals surface area contributed by atoms with Crippen molar-refractivity contribution in [3.8, 4) is 0 Å². The Hall–Kier alpha value is -0.870. The van der Waals surface area contributed by atoms with Crippen LogP contribution in [0.3, 0.4) is 0 Å². The van der Waals surface area contributed by atoms with Gasteiger partial charge in [0, 0.05) is 6.04 Å². The van der Waals surface area contributed by atoms with Crippen LogP contribution in [0.1, 0.15) is 50.8 Å². The summed E-state index contributed by atoms with van der Waals surface area (Å²) in [5, 5.41) is 3.12. The number of hydrogen-bond donors (Lipinski definition) is 1. The van der Waals surface area contributed by atoms with Gasteiger partial charge in [-0.3, -0.25) is 0 Å². The Morgan fingerprint density at radius 3 is 2.67 bits per heavy atom. The van der Waals surface area contributed by atoms with Crippen molar-refractivity contribution in [2.24, 2.45) is 5.92 Å². The van der Waals surface area contributed by atoms with Gasteiger partial charge in [0.05, 0.1) is 11.0 Å². The summed E-state index contributed by atoms with van der Waals surface area (Å²) in [6.45, 7) is 6.90. The van der Waals surface area contributed by atoms with E-state index < -0.39 is 9.84 Å². The zero-order chi connectivity index (χ0) is 15.5. The highest BCUT2D eigenvalue weighted by molar-refractivity contribution is 7.92. The molecule has 21 heavy (non-hydrogen) atoms. The van der Waals surface area contributed by atoms with Gasteiger partial charge < -0.3 is 5.32 Å². The summed E-state index contributed by atoms with van der Waals surface area (Å²) >= 11 is 0. The van der Waals surface area contributed by atoms with Crippen LogP contribution < -0.4 is 5.32 Å². The molecule has 0 aliphatic heterocycles. The van der Waals surface area contributed by atoms with Crippen molar-refractivity contribution in [2.75, 3.05) is 12.3 Å². The molecule has 0 aromatic heterocycles. The number of sulfone groups is 1. The summed E-state index contributed by atoms with van der Waals surface area (Å²) in [6, 6.07) is 8.18. The van der Waals surface area contributed by atoms with Crippen LogP contribution in [0.4, 0.5) is 0 Å². The third-order valence-corrected chi connectivity index (χ3v) is 7.02.